The normalized spacial score (nSPS) is 20.3. The Morgan fingerprint density at radius 2 is 2.08 bits per heavy atom. The molecule has 3 aliphatic rings. The summed E-state index contributed by atoms with van der Waals surface area (Å²) in [7, 11) is 1.66. The largest absolute Gasteiger partial charge is 0.496 e. The van der Waals surface area contributed by atoms with Gasteiger partial charge >= 0.3 is 5.97 Å². The average Bonchev–Trinajstić information content (AvgIpc) is 3.61. The molecule has 5 rings (SSSR count). The molecule has 2 atom stereocenters. The fraction of sp³-hybridized carbons (Fsp3) is 0.600. The van der Waals surface area contributed by atoms with E-state index in [0.29, 0.717) is 12.5 Å². The number of carbonyl (C=O) groups is 1. The summed E-state index contributed by atoms with van der Waals surface area (Å²) >= 11 is 0. The molecule has 7 nitrogen and oxygen atoms in total. The highest BCUT2D eigenvalue weighted by atomic mass is 16.5. The van der Waals surface area contributed by atoms with Crippen LogP contribution in [-0.4, -0.2) is 60.4 Å². The monoisotopic (exact) mass is 507 g/mol. The Labute approximate surface area is 220 Å². The van der Waals surface area contributed by atoms with E-state index in [1.165, 1.54) is 24.8 Å². The third-order valence-electron chi connectivity index (χ3n) is 7.99. The second-order valence-corrected chi connectivity index (χ2v) is 10.9. The van der Waals surface area contributed by atoms with Gasteiger partial charge in [0.1, 0.15) is 17.6 Å². The van der Waals surface area contributed by atoms with Crippen molar-refractivity contribution in [1.29, 1.82) is 0 Å². The number of methoxy groups -OCH3 is 1. The second kappa shape index (κ2) is 12.3. The van der Waals surface area contributed by atoms with Crippen molar-refractivity contribution in [2.75, 3.05) is 38.7 Å². The number of nitrogens with zero attached hydrogens (tertiary/aromatic N) is 2. The summed E-state index contributed by atoms with van der Waals surface area (Å²) in [4.78, 5) is 19.2. The zero-order valence-corrected chi connectivity index (χ0v) is 22.1. The fourth-order valence-electron chi connectivity index (χ4n) is 5.82. The minimum atomic E-state index is -0.825. The Kier molecular flexibility index (Phi) is 8.62. The van der Waals surface area contributed by atoms with Crippen molar-refractivity contribution >= 4 is 11.8 Å². The first kappa shape index (κ1) is 26.0. The van der Waals surface area contributed by atoms with Crippen molar-refractivity contribution in [2.24, 2.45) is 5.92 Å². The van der Waals surface area contributed by atoms with Gasteiger partial charge < -0.3 is 19.9 Å². The maximum absolute atomic E-state index is 12.4. The van der Waals surface area contributed by atoms with Crippen LogP contribution in [0.1, 0.15) is 73.4 Å². The van der Waals surface area contributed by atoms with E-state index in [-0.39, 0.29) is 6.10 Å². The minimum Gasteiger partial charge on any atom is -0.496 e. The fourth-order valence-corrected chi connectivity index (χ4v) is 5.82. The maximum Gasteiger partial charge on any atom is 0.325 e. The third-order valence-corrected chi connectivity index (χ3v) is 7.99. The van der Waals surface area contributed by atoms with Gasteiger partial charge in [-0.3, -0.25) is 9.69 Å². The van der Waals surface area contributed by atoms with Crippen LogP contribution in [0.15, 0.2) is 30.3 Å². The molecule has 200 valence electrons. The molecule has 7 heteroatoms. The van der Waals surface area contributed by atoms with E-state index >= 15 is 0 Å². The number of carboxylic acids is 1. The highest BCUT2D eigenvalue weighted by molar-refractivity contribution is 5.77. The summed E-state index contributed by atoms with van der Waals surface area (Å²) in [6, 6.07) is 9.66. The first-order valence-electron chi connectivity index (χ1n) is 14.1. The number of ether oxygens (including phenoxy) is 2. The molecule has 1 unspecified atom stereocenters. The molecule has 3 heterocycles. The van der Waals surface area contributed by atoms with Crippen molar-refractivity contribution in [2.45, 2.75) is 76.4 Å². The molecular weight excluding hydrogens is 466 g/mol. The number of para-hydroxylation sites is 1. The summed E-state index contributed by atoms with van der Waals surface area (Å²) < 4.78 is 11.9. The van der Waals surface area contributed by atoms with Gasteiger partial charge in [-0.25, -0.2) is 4.98 Å². The molecule has 1 saturated carbocycles. The first-order valence-corrected chi connectivity index (χ1v) is 14.1. The van der Waals surface area contributed by atoms with Crippen LogP contribution in [0, 0.1) is 5.92 Å². The molecular formula is C30H41N3O4. The lowest BCUT2D eigenvalue weighted by molar-refractivity contribution is -0.143. The number of fused-ring (bicyclic) bond motifs is 1. The second-order valence-electron chi connectivity index (χ2n) is 10.9. The highest BCUT2D eigenvalue weighted by Gasteiger charge is 2.36. The van der Waals surface area contributed by atoms with E-state index < -0.39 is 12.0 Å². The molecule has 0 radical (unpaired) electrons. The number of aliphatic carboxylic acids is 1. The topological polar surface area (TPSA) is 83.9 Å². The lowest BCUT2D eigenvalue weighted by Gasteiger charge is -2.27. The van der Waals surface area contributed by atoms with Crippen LogP contribution in [0.4, 0.5) is 5.82 Å². The van der Waals surface area contributed by atoms with Crippen molar-refractivity contribution in [1.82, 2.24) is 9.88 Å². The van der Waals surface area contributed by atoms with Crippen LogP contribution in [0.3, 0.4) is 0 Å². The smallest absolute Gasteiger partial charge is 0.325 e. The van der Waals surface area contributed by atoms with Crippen molar-refractivity contribution in [3.05, 3.63) is 52.7 Å². The molecule has 2 aromatic rings. The Hall–Kier alpha value is -2.64. The zero-order valence-electron chi connectivity index (χ0n) is 22.1. The number of aryl methyl sites for hydroxylation is 2. The lowest BCUT2D eigenvalue weighted by Crippen LogP contribution is -2.34. The van der Waals surface area contributed by atoms with Gasteiger partial charge in [0.2, 0.25) is 0 Å². The average molecular weight is 508 g/mol. The number of nitrogens with one attached hydrogen (secondary N) is 1. The number of anilines is 1. The summed E-state index contributed by atoms with van der Waals surface area (Å²) in [6.45, 7) is 3.09. The first-order chi connectivity index (χ1) is 18.1. The number of unbranched alkanes of at least 4 members (excludes halogenated alkanes) is 2. The molecule has 1 aromatic carbocycles. The molecule has 0 bridgehead atoms. The van der Waals surface area contributed by atoms with Gasteiger partial charge in [0.15, 0.2) is 0 Å². The van der Waals surface area contributed by atoms with Crippen LogP contribution < -0.4 is 10.1 Å². The molecule has 2 fully saturated rings. The molecule has 2 aliphatic heterocycles. The van der Waals surface area contributed by atoms with Crippen LogP contribution >= 0.6 is 0 Å². The summed E-state index contributed by atoms with van der Waals surface area (Å²) in [5, 5.41) is 13.6. The van der Waals surface area contributed by atoms with Gasteiger partial charge in [-0.05, 0) is 80.9 Å². The van der Waals surface area contributed by atoms with E-state index in [2.05, 4.69) is 23.5 Å². The molecule has 1 aliphatic carbocycles. The van der Waals surface area contributed by atoms with E-state index in [4.69, 9.17) is 14.5 Å². The Morgan fingerprint density at radius 1 is 1.19 bits per heavy atom. The number of rotatable bonds is 13. The highest BCUT2D eigenvalue weighted by Crippen LogP contribution is 2.39. The SMILES string of the molecule is COc1c(CC2CC2)cccc1C(C(=O)O)N1CC[C@@H](OCCCCCc2ccc3c(n2)NCCC3)C1. The van der Waals surface area contributed by atoms with E-state index in [9.17, 15) is 9.90 Å². The molecule has 2 N–H and O–H groups in total. The third kappa shape index (κ3) is 6.63. The molecule has 0 spiro atoms. The number of aromatic nitrogens is 1. The van der Waals surface area contributed by atoms with Crippen LogP contribution in [-0.2, 0) is 28.8 Å². The van der Waals surface area contributed by atoms with E-state index in [0.717, 1.165) is 93.0 Å². The van der Waals surface area contributed by atoms with Crippen LogP contribution in [0.5, 0.6) is 5.75 Å². The lowest BCUT2D eigenvalue weighted by atomic mass is 9.98. The number of benzene rings is 1. The van der Waals surface area contributed by atoms with Crippen molar-refractivity contribution in [3.8, 4) is 5.75 Å². The molecule has 1 saturated heterocycles. The van der Waals surface area contributed by atoms with E-state index in [1.54, 1.807) is 7.11 Å². The Bertz CT molecular complexity index is 1070. The Morgan fingerprint density at radius 3 is 2.89 bits per heavy atom. The van der Waals surface area contributed by atoms with Gasteiger partial charge in [-0.1, -0.05) is 30.7 Å². The van der Waals surface area contributed by atoms with Crippen LogP contribution in [0.25, 0.3) is 0 Å². The number of hydrogen-bond acceptors (Lipinski definition) is 6. The van der Waals surface area contributed by atoms with Gasteiger partial charge in [0.25, 0.3) is 0 Å². The predicted molar refractivity (Wildman–Crippen MR) is 144 cm³/mol. The zero-order chi connectivity index (χ0) is 25.6. The van der Waals surface area contributed by atoms with Gasteiger partial charge in [0.05, 0.1) is 13.2 Å². The summed E-state index contributed by atoms with van der Waals surface area (Å²) in [5.74, 6) is 1.71. The van der Waals surface area contributed by atoms with Gasteiger partial charge in [-0.15, -0.1) is 0 Å². The standard InChI is InChI=1S/C30H41N3O4/c1-36-28-23(19-21-11-12-21)7-5-10-26(28)27(30(34)35)33-17-15-25(20-33)37-18-4-2-3-9-24-14-13-22-8-6-16-31-29(22)32-24/h5,7,10,13-14,21,25,27H,2-4,6,8-9,11-12,15-20H2,1H3,(H,31,32)(H,34,35)/t25-,27?/m1/s1. The molecule has 37 heavy (non-hydrogen) atoms. The number of hydrogen-bond donors (Lipinski definition) is 2. The number of pyridine rings is 1. The van der Waals surface area contributed by atoms with Gasteiger partial charge in [0, 0.05) is 37.5 Å². The summed E-state index contributed by atoms with van der Waals surface area (Å²) in [6.07, 6.45) is 10.9. The van der Waals surface area contributed by atoms with Crippen molar-refractivity contribution in [3.63, 3.8) is 0 Å². The number of carboxylic acid groups (broad SMARTS) is 1. The summed E-state index contributed by atoms with van der Waals surface area (Å²) in [5.41, 5.74) is 4.39. The predicted octanol–water partition coefficient (Wildman–Crippen LogP) is 5.03. The van der Waals surface area contributed by atoms with E-state index in [1.807, 2.05) is 17.0 Å². The maximum atomic E-state index is 12.4. The van der Waals surface area contributed by atoms with Crippen LogP contribution in [0.2, 0.25) is 0 Å². The van der Waals surface area contributed by atoms with Crippen molar-refractivity contribution < 1.29 is 19.4 Å². The number of likely N-dealkylation sites (tertiary alicyclic amines) is 1. The Balaban J connectivity index is 1.07. The molecule has 0 amide bonds. The molecule has 1 aromatic heterocycles. The minimum absolute atomic E-state index is 0.0795. The van der Waals surface area contributed by atoms with Gasteiger partial charge in [-0.2, -0.15) is 0 Å². The quantitative estimate of drug-likeness (QED) is 0.368.